The Kier molecular flexibility index (Phi) is 5.17. The molecule has 0 aliphatic heterocycles. The number of carbonyl (C=O) groups excluding carboxylic acids is 1. The average molecular weight is 314 g/mol. The molecule has 1 amide bonds. The Morgan fingerprint density at radius 3 is 2.62 bits per heavy atom. The molecule has 0 saturated heterocycles. The molecule has 2 unspecified atom stereocenters. The molecule has 0 aromatic heterocycles. The van der Waals surface area contributed by atoms with Gasteiger partial charge in [0.1, 0.15) is 5.82 Å². The van der Waals surface area contributed by atoms with Crippen molar-refractivity contribution in [2.45, 2.75) is 38.1 Å². The zero-order valence-electron chi connectivity index (χ0n) is 11.4. The van der Waals surface area contributed by atoms with E-state index in [1.807, 2.05) is 0 Å². The van der Waals surface area contributed by atoms with Crippen molar-refractivity contribution in [3.63, 3.8) is 0 Å². The molecule has 1 fully saturated rings. The van der Waals surface area contributed by atoms with Gasteiger partial charge < -0.3 is 10.4 Å². The fourth-order valence-corrected chi connectivity index (χ4v) is 2.78. The highest BCUT2D eigenvalue weighted by Crippen LogP contribution is 2.24. The van der Waals surface area contributed by atoms with E-state index in [9.17, 15) is 19.1 Å². The number of carboxylic acids is 1. The fourth-order valence-electron chi connectivity index (χ4n) is 2.67. The topological polar surface area (TPSA) is 66.4 Å². The first kappa shape index (κ1) is 15.8. The molecule has 0 radical (unpaired) electrons. The number of benzene rings is 1. The first-order chi connectivity index (χ1) is 9.99. The lowest BCUT2D eigenvalue weighted by Crippen LogP contribution is -2.42. The van der Waals surface area contributed by atoms with Crippen molar-refractivity contribution in [1.82, 2.24) is 5.32 Å². The summed E-state index contributed by atoms with van der Waals surface area (Å²) in [6, 6.07) is 3.38. The van der Waals surface area contributed by atoms with Crippen LogP contribution in [0.5, 0.6) is 0 Å². The third-order valence-corrected chi connectivity index (χ3v) is 4.14. The van der Waals surface area contributed by atoms with Gasteiger partial charge in [-0.2, -0.15) is 0 Å². The van der Waals surface area contributed by atoms with Gasteiger partial charge in [-0.3, -0.25) is 9.59 Å². The summed E-state index contributed by atoms with van der Waals surface area (Å²) in [5, 5.41) is 11.9. The van der Waals surface area contributed by atoms with Gasteiger partial charge in [0.05, 0.1) is 10.9 Å². The second-order valence-corrected chi connectivity index (χ2v) is 5.70. The molecular weight excluding hydrogens is 297 g/mol. The van der Waals surface area contributed by atoms with Gasteiger partial charge >= 0.3 is 5.97 Å². The molecule has 4 nitrogen and oxygen atoms in total. The predicted octanol–water partition coefficient (Wildman–Crippen LogP) is 3.24. The number of rotatable bonds is 3. The van der Waals surface area contributed by atoms with E-state index in [2.05, 4.69) is 5.32 Å². The SMILES string of the molecule is O=C(NC1CCCCCC1C(=O)O)c1ccc(Cl)c(F)c1. The summed E-state index contributed by atoms with van der Waals surface area (Å²) in [4.78, 5) is 23.4. The van der Waals surface area contributed by atoms with Gasteiger partial charge in [0.2, 0.25) is 0 Å². The van der Waals surface area contributed by atoms with Gasteiger partial charge in [-0.25, -0.2) is 4.39 Å². The van der Waals surface area contributed by atoms with Crippen LogP contribution in [0.25, 0.3) is 0 Å². The van der Waals surface area contributed by atoms with Gasteiger partial charge in [0, 0.05) is 11.6 Å². The minimum absolute atomic E-state index is 0.0515. The monoisotopic (exact) mass is 313 g/mol. The number of amides is 1. The zero-order valence-corrected chi connectivity index (χ0v) is 12.2. The predicted molar refractivity (Wildman–Crippen MR) is 76.9 cm³/mol. The maximum Gasteiger partial charge on any atom is 0.308 e. The number of carbonyl (C=O) groups is 2. The van der Waals surface area contributed by atoms with Crippen molar-refractivity contribution in [3.05, 3.63) is 34.6 Å². The van der Waals surface area contributed by atoms with Gasteiger partial charge in [-0.15, -0.1) is 0 Å². The van der Waals surface area contributed by atoms with Crippen LogP contribution in [-0.4, -0.2) is 23.0 Å². The molecular formula is C15H17ClFNO3. The van der Waals surface area contributed by atoms with Crippen molar-refractivity contribution in [2.24, 2.45) is 5.92 Å². The van der Waals surface area contributed by atoms with Crippen LogP contribution in [0.1, 0.15) is 42.5 Å². The Balaban J connectivity index is 2.12. The molecule has 21 heavy (non-hydrogen) atoms. The number of hydrogen-bond donors (Lipinski definition) is 2. The van der Waals surface area contributed by atoms with Crippen molar-refractivity contribution in [2.75, 3.05) is 0 Å². The summed E-state index contributed by atoms with van der Waals surface area (Å²) < 4.78 is 13.4. The number of carboxylic acid groups (broad SMARTS) is 1. The van der Waals surface area contributed by atoms with E-state index in [4.69, 9.17) is 11.6 Å². The highest BCUT2D eigenvalue weighted by Gasteiger charge is 2.30. The molecule has 1 aromatic carbocycles. The molecule has 1 aliphatic carbocycles. The molecule has 2 atom stereocenters. The average Bonchev–Trinajstić information content (AvgIpc) is 2.67. The van der Waals surface area contributed by atoms with Crippen LogP contribution in [0.2, 0.25) is 5.02 Å². The number of hydrogen-bond acceptors (Lipinski definition) is 2. The molecule has 0 spiro atoms. The number of nitrogens with one attached hydrogen (secondary N) is 1. The lowest BCUT2D eigenvalue weighted by Gasteiger charge is -2.22. The maximum atomic E-state index is 13.4. The molecule has 2 N–H and O–H groups in total. The minimum atomic E-state index is -0.899. The quantitative estimate of drug-likeness (QED) is 0.842. The molecule has 1 aliphatic rings. The van der Waals surface area contributed by atoms with Crippen LogP contribution >= 0.6 is 11.6 Å². The van der Waals surface area contributed by atoms with Gasteiger partial charge in [-0.05, 0) is 31.0 Å². The van der Waals surface area contributed by atoms with Gasteiger partial charge in [0.15, 0.2) is 0 Å². The Morgan fingerprint density at radius 2 is 1.95 bits per heavy atom. The third kappa shape index (κ3) is 3.94. The molecule has 0 heterocycles. The molecule has 114 valence electrons. The molecule has 1 saturated carbocycles. The zero-order chi connectivity index (χ0) is 15.4. The Labute approximate surface area is 127 Å². The lowest BCUT2D eigenvalue weighted by molar-refractivity contribution is -0.142. The summed E-state index contributed by atoms with van der Waals surface area (Å²) in [7, 11) is 0. The summed E-state index contributed by atoms with van der Waals surface area (Å²) in [6.07, 6.45) is 3.86. The minimum Gasteiger partial charge on any atom is -0.481 e. The van der Waals surface area contributed by atoms with Crippen molar-refractivity contribution in [3.8, 4) is 0 Å². The van der Waals surface area contributed by atoms with Crippen LogP contribution in [0.15, 0.2) is 18.2 Å². The van der Waals surface area contributed by atoms with Crippen LogP contribution in [0.4, 0.5) is 4.39 Å². The van der Waals surface area contributed by atoms with E-state index in [1.165, 1.54) is 12.1 Å². The first-order valence-electron chi connectivity index (χ1n) is 6.98. The summed E-state index contributed by atoms with van der Waals surface area (Å²) in [5.74, 6) is -2.62. The highest BCUT2D eigenvalue weighted by molar-refractivity contribution is 6.30. The van der Waals surface area contributed by atoms with E-state index >= 15 is 0 Å². The normalized spacial score (nSPS) is 22.4. The van der Waals surface area contributed by atoms with Crippen molar-refractivity contribution >= 4 is 23.5 Å². The molecule has 2 rings (SSSR count). The maximum absolute atomic E-state index is 13.4. The number of halogens is 2. The smallest absolute Gasteiger partial charge is 0.308 e. The van der Waals surface area contributed by atoms with Gasteiger partial charge in [0.25, 0.3) is 5.91 Å². The standard InChI is InChI=1S/C15H17ClFNO3/c16-11-7-6-9(8-12(11)17)14(19)18-13-5-3-1-2-4-10(13)15(20)21/h6-8,10,13H,1-5H2,(H,18,19)(H,20,21). The van der Waals surface area contributed by atoms with E-state index in [-0.39, 0.29) is 10.6 Å². The summed E-state index contributed by atoms with van der Waals surface area (Å²) >= 11 is 5.58. The van der Waals surface area contributed by atoms with Crippen LogP contribution in [0, 0.1) is 11.7 Å². The van der Waals surface area contributed by atoms with Crippen molar-refractivity contribution in [1.29, 1.82) is 0 Å². The number of aliphatic carboxylic acids is 1. The van der Waals surface area contributed by atoms with Crippen LogP contribution in [0.3, 0.4) is 0 Å². The molecule has 1 aromatic rings. The van der Waals surface area contributed by atoms with Crippen LogP contribution in [-0.2, 0) is 4.79 Å². The second-order valence-electron chi connectivity index (χ2n) is 5.29. The van der Waals surface area contributed by atoms with Gasteiger partial charge in [-0.1, -0.05) is 30.9 Å². The summed E-state index contributed by atoms with van der Waals surface area (Å²) in [6.45, 7) is 0. The van der Waals surface area contributed by atoms with Crippen molar-refractivity contribution < 1.29 is 19.1 Å². The van der Waals surface area contributed by atoms with E-state index in [1.54, 1.807) is 0 Å². The largest absolute Gasteiger partial charge is 0.481 e. The van der Waals surface area contributed by atoms with E-state index < -0.39 is 29.7 Å². The van der Waals surface area contributed by atoms with E-state index in [0.717, 1.165) is 25.3 Å². The Morgan fingerprint density at radius 1 is 1.24 bits per heavy atom. The summed E-state index contributed by atoms with van der Waals surface area (Å²) in [5.41, 5.74) is 0.144. The molecule has 0 bridgehead atoms. The lowest BCUT2D eigenvalue weighted by atomic mass is 9.94. The second kappa shape index (κ2) is 6.89. The van der Waals surface area contributed by atoms with Crippen LogP contribution < -0.4 is 5.32 Å². The Hall–Kier alpha value is -1.62. The Bertz CT molecular complexity index is 550. The van der Waals surface area contributed by atoms with E-state index in [0.29, 0.717) is 12.8 Å². The third-order valence-electron chi connectivity index (χ3n) is 3.83. The fraction of sp³-hybridized carbons (Fsp3) is 0.467. The highest BCUT2D eigenvalue weighted by atomic mass is 35.5. The first-order valence-corrected chi connectivity index (χ1v) is 7.35. The molecule has 6 heteroatoms.